The fourth-order valence-corrected chi connectivity index (χ4v) is 5.48. The molecule has 0 bridgehead atoms. The van der Waals surface area contributed by atoms with Gasteiger partial charge in [-0.2, -0.15) is 0 Å². The maximum Gasteiger partial charge on any atom is 0.508 e. The zero-order valence-corrected chi connectivity index (χ0v) is 23.6. The summed E-state index contributed by atoms with van der Waals surface area (Å²) in [5.41, 5.74) is 0.786. The van der Waals surface area contributed by atoms with Crippen LogP contribution in [0.15, 0.2) is 66.8 Å². The van der Waals surface area contributed by atoms with Crippen molar-refractivity contribution in [2.45, 2.75) is 24.9 Å². The molecule has 13 heteroatoms. The van der Waals surface area contributed by atoms with Gasteiger partial charge < -0.3 is 33.7 Å². The number of fused-ring (bicyclic) bond motifs is 1. The Bertz CT molecular complexity index is 1230. The van der Waals surface area contributed by atoms with Gasteiger partial charge in [0.1, 0.15) is 49.5 Å². The van der Waals surface area contributed by atoms with Crippen molar-refractivity contribution >= 4 is 35.9 Å². The van der Waals surface area contributed by atoms with Gasteiger partial charge in [-0.05, 0) is 24.6 Å². The lowest BCUT2D eigenvalue weighted by Gasteiger charge is -2.44. The predicted molar refractivity (Wildman–Crippen MR) is 149 cm³/mol. The van der Waals surface area contributed by atoms with Crippen molar-refractivity contribution in [2.24, 2.45) is 5.92 Å². The monoisotopic (exact) mass is 588 g/mol. The number of rotatable bonds is 15. The molecule has 0 aliphatic carbocycles. The summed E-state index contributed by atoms with van der Waals surface area (Å²) in [7, 11) is 1.47. The van der Waals surface area contributed by atoms with Crippen LogP contribution >= 0.6 is 11.8 Å². The summed E-state index contributed by atoms with van der Waals surface area (Å²) >= 11 is 1.24. The van der Waals surface area contributed by atoms with E-state index in [9.17, 15) is 19.2 Å². The van der Waals surface area contributed by atoms with E-state index < -0.39 is 41.5 Å². The number of nitrogens with one attached hydrogen (secondary N) is 1. The number of benzene rings is 1. The summed E-state index contributed by atoms with van der Waals surface area (Å²) in [6, 6.07) is 5.09. The number of carbonyl (C=O) groups is 4. The molecule has 1 N–H and O–H groups in total. The molecule has 0 aromatic heterocycles. The summed E-state index contributed by atoms with van der Waals surface area (Å²) < 4.78 is 31.6. The van der Waals surface area contributed by atoms with Crippen LogP contribution in [0.4, 0.5) is 9.59 Å². The summed E-state index contributed by atoms with van der Waals surface area (Å²) in [6.45, 7) is 12.2. The molecule has 1 aromatic rings. The lowest BCUT2D eigenvalue weighted by Crippen LogP contribution is -2.61. The normalized spacial score (nSPS) is 17.8. The molecule has 1 fully saturated rings. The smallest absolute Gasteiger partial charge is 0.493 e. The van der Waals surface area contributed by atoms with Gasteiger partial charge in [-0.25, -0.2) is 14.4 Å². The van der Waals surface area contributed by atoms with Crippen LogP contribution in [-0.2, 0) is 35.1 Å². The molecule has 1 saturated heterocycles. The van der Waals surface area contributed by atoms with Gasteiger partial charge in [0.2, 0.25) is 5.91 Å². The zero-order valence-electron chi connectivity index (χ0n) is 22.8. The van der Waals surface area contributed by atoms with Gasteiger partial charge in [-0.3, -0.25) is 9.69 Å². The van der Waals surface area contributed by atoms with Crippen LogP contribution in [0.25, 0.3) is 0 Å². The molecule has 3 atom stereocenters. The van der Waals surface area contributed by atoms with E-state index in [0.29, 0.717) is 16.4 Å². The molecule has 12 nitrogen and oxygen atoms in total. The van der Waals surface area contributed by atoms with E-state index in [1.165, 1.54) is 42.0 Å². The van der Waals surface area contributed by atoms with Crippen LogP contribution in [0, 0.1) is 5.92 Å². The fraction of sp³-hybridized carbons (Fsp3) is 0.357. The molecule has 41 heavy (non-hydrogen) atoms. The quantitative estimate of drug-likeness (QED) is 0.139. The van der Waals surface area contributed by atoms with E-state index in [-0.39, 0.29) is 38.7 Å². The number of hydrogen-bond acceptors (Lipinski definition) is 11. The fourth-order valence-electron chi connectivity index (χ4n) is 3.97. The van der Waals surface area contributed by atoms with E-state index in [1.807, 2.05) is 0 Å². The van der Waals surface area contributed by atoms with Gasteiger partial charge in [0.25, 0.3) is 0 Å². The second-order valence-corrected chi connectivity index (χ2v) is 9.80. The van der Waals surface area contributed by atoms with Gasteiger partial charge in [0.05, 0.1) is 12.0 Å². The average molecular weight is 589 g/mol. The number of amides is 2. The largest absolute Gasteiger partial charge is 0.508 e. The average Bonchev–Trinajstić information content (AvgIpc) is 3.29. The van der Waals surface area contributed by atoms with Gasteiger partial charge >= 0.3 is 18.2 Å². The van der Waals surface area contributed by atoms with Crippen molar-refractivity contribution in [2.75, 3.05) is 33.5 Å². The second-order valence-electron chi connectivity index (χ2n) is 8.59. The van der Waals surface area contributed by atoms with Crippen LogP contribution in [0.1, 0.15) is 12.5 Å². The number of methoxy groups -OCH3 is 1. The second kappa shape index (κ2) is 14.8. The van der Waals surface area contributed by atoms with Crippen LogP contribution < -0.4 is 14.8 Å². The maximum absolute atomic E-state index is 13.1. The number of nitrogens with zero attached hydrogens (tertiary/aromatic N) is 1. The van der Waals surface area contributed by atoms with Gasteiger partial charge in [0, 0.05) is 6.54 Å². The molecular formula is C28H32N2O10S. The third kappa shape index (κ3) is 7.63. The van der Waals surface area contributed by atoms with E-state index in [2.05, 4.69) is 25.1 Å². The van der Waals surface area contributed by atoms with Crippen molar-refractivity contribution in [3.63, 3.8) is 0 Å². The molecule has 0 radical (unpaired) electrons. The third-order valence-corrected chi connectivity index (χ3v) is 7.18. The lowest BCUT2D eigenvalue weighted by atomic mass is 9.92. The molecule has 2 aliphatic rings. The Morgan fingerprint density at radius 3 is 2.41 bits per heavy atom. The molecule has 0 spiro atoms. The van der Waals surface area contributed by atoms with E-state index in [0.717, 1.165) is 5.56 Å². The van der Waals surface area contributed by atoms with Gasteiger partial charge in [-0.1, -0.05) is 55.8 Å². The standard InChI is InChI=1S/C28H32N2O10S/c1-6-11-36-26(32)23-21(41-25-22(24(31)30(23)25)17(4)40-28(34)38-13-8-3)16-39-19-10-9-18(14-20(19)35-5)15-29-27(33)37-12-7-2/h6-10,14,17,22,25H,1-3,11-13,15-16H2,4-5H3,(H,29,33)/t17-,22+,25-/m1/s1. The highest BCUT2D eigenvalue weighted by Gasteiger charge is 2.59. The first-order valence-corrected chi connectivity index (χ1v) is 13.4. The summed E-state index contributed by atoms with van der Waals surface area (Å²) in [4.78, 5) is 51.4. The molecule has 3 rings (SSSR count). The van der Waals surface area contributed by atoms with Crippen molar-refractivity contribution in [1.82, 2.24) is 10.2 Å². The number of hydrogen-bond donors (Lipinski definition) is 1. The molecule has 0 unspecified atom stereocenters. The Kier molecular flexibility index (Phi) is 11.3. The molecule has 2 heterocycles. The summed E-state index contributed by atoms with van der Waals surface area (Å²) in [6.07, 6.45) is 1.96. The molecule has 2 aliphatic heterocycles. The van der Waals surface area contributed by atoms with E-state index in [4.69, 9.17) is 28.4 Å². The topological polar surface area (TPSA) is 139 Å². The minimum atomic E-state index is -0.923. The van der Waals surface area contributed by atoms with Crippen molar-refractivity contribution < 1.29 is 47.6 Å². The Hall–Kier alpha value is -4.39. The Labute approximate surface area is 241 Å². The van der Waals surface area contributed by atoms with Gasteiger partial charge in [-0.15, -0.1) is 0 Å². The summed E-state index contributed by atoms with van der Waals surface area (Å²) in [5, 5.41) is 2.11. The zero-order chi connectivity index (χ0) is 29.9. The lowest BCUT2D eigenvalue weighted by molar-refractivity contribution is -0.158. The Morgan fingerprint density at radius 2 is 1.73 bits per heavy atom. The SMILES string of the molecule is C=CCOC(=O)NCc1ccc(OCC2=C(C(=O)OCC=C)N3C(=O)[C@H]([C@@H](C)OC(=O)OCC=C)[C@H]3S2)c(OC)c1. The Balaban J connectivity index is 1.72. The highest BCUT2D eigenvalue weighted by molar-refractivity contribution is 8.04. The predicted octanol–water partition coefficient (Wildman–Crippen LogP) is 3.69. The van der Waals surface area contributed by atoms with Crippen LogP contribution in [0.5, 0.6) is 11.5 Å². The Morgan fingerprint density at radius 1 is 1.05 bits per heavy atom. The summed E-state index contributed by atoms with van der Waals surface area (Å²) in [5.74, 6) is -1.05. The maximum atomic E-state index is 13.1. The molecule has 1 aromatic carbocycles. The van der Waals surface area contributed by atoms with Gasteiger partial charge in [0.15, 0.2) is 11.5 Å². The highest BCUT2D eigenvalue weighted by Crippen LogP contribution is 2.51. The molecule has 0 saturated carbocycles. The first-order chi connectivity index (χ1) is 19.7. The number of esters is 1. The molecular weight excluding hydrogens is 556 g/mol. The minimum Gasteiger partial charge on any atom is -0.493 e. The van der Waals surface area contributed by atoms with Crippen molar-refractivity contribution in [1.29, 1.82) is 0 Å². The molecule has 220 valence electrons. The number of thioether (sulfide) groups is 1. The minimum absolute atomic E-state index is 0.0277. The van der Waals surface area contributed by atoms with Crippen molar-refractivity contribution in [3.8, 4) is 11.5 Å². The third-order valence-electron chi connectivity index (χ3n) is 5.84. The number of carbonyl (C=O) groups excluding carboxylic acids is 4. The van der Waals surface area contributed by atoms with Crippen molar-refractivity contribution in [3.05, 3.63) is 72.3 Å². The van der Waals surface area contributed by atoms with Crippen LogP contribution in [-0.4, -0.2) is 74.0 Å². The number of β-lactam (4-membered cyclic amide) rings is 1. The first kappa shape index (κ1) is 31.1. The van der Waals surface area contributed by atoms with Crippen LogP contribution in [0.2, 0.25) is 0 Å². The first-order valence-electron chi connectivity index (χ1n) is 12.5. The van der Waals surface area contributed by atoms with E-state index in [1.54, 1.807) is 25.1 Å². The highest BCUT2D eigenvalue weighted by atomic mass is 32.2. The van der Waals surface area contributed by atoms with Crippen LogP contribution in [0.3, 0.4) is 0 Å². The number of ether oxygens (including phenoxy) is 6. The van der Waals surface area contributed by atoms with E-state index >= 15 is 0 Å². The number of alkyl carbamates (subject to hydrolysis) is 1. The molecule has 2 amide bonds.